The topological polar surface area (TPSA) is 91.2 Å². The first-order chi connectivity index (χ1) is 12.1. The molecular weight excluding hydrogens is 318 g/mol. The van der Waals surface area contributed by atoms with Gasteiger partial charge in [-0.25, -0.2) is 4.52 Å². The van der Waals surface area contributed by atoms with Crippen LogP contribution >= 0.6 is 0 Å². The molecule has 1 atom stereocenters. The van der Waals surface area contributed by atoms with E-state index in [2.05, 4.69) is 21.7 Å². The Morgan fingerprint density at radius 3 is 2.88 bits per heavy atom. The van der Waals surface area contributed by atoms with E-state index < -0.39 is 0 Å². The summed E-state index contributed by atoms with van der Waals surface area (Å²) >= 11 is 0. The number of nitriles is 1. The molecule has 1 aliphatic rings. The Kier molecular flexibility index (Phi) is 3.61. The van der Waals surface area contributed by atoms with Gasteiger partial charge in [-0.05, 0) is 12.5 Å². The van der Waals surface area contributed by atoms with Gasteiger partial charge in [0.1, 0.15) is 0 Å². The maximum atomic E-state index is 12.5. The third-order valence-electron chi connectivity index (χ3n) is 4.46. The Bertz CT molecular complexity index is 980. The molecule has 0 saturated carbocycles. The number of aromatic nitrogens is 4. The van der Waals surface area contributed by atoms with E-state index in [1.54, 1.807) is 26.5 Å². The predicted octanol–water partition coefficient (Wildman–Crippen LogP) is 1.02. The molecule has 1 saturated heterocycles. The number of nitrogens with zero attached hydrogens (tertiary/aromatic N) is 6. The van der Waals surface area contributed by atoms with Gasteiger partial charge in [-0.3, -0.25) is 9.48 Å². The summed E-state index contributed by atoms with van der Waals surface area (Å²) in [6.45, 7) is 1.25. The van der Waals surface area contributed by atoms with E-state index in [-0.39, 0.29) is 11.9 Å². The average molecular weight is 335 g/mol. The molecule has 8 nitrogen and oxygen atoms in total. The number of amides is 1. The van der Waals surface area contributed by atoms with Crippen LogP contribution < -0.4 is 5.32 Å². The summed E-state index contributed by atoms with van der Waals surface area (Å²) in [5.41, 5.74) is 3.26. The summed E-state index contributed by atoms with van der Waals surface area (Å²) in [5.74, 6) is -0.158. The molecule has 4 heterocycles. The molecule has 1 N–H and O–H groups in total. The lowest BCUT2D eigenvalue weighted by molar-refractivity contribution is 0.0940. The van der Waals surface area contributed by atoms with Crippen LogP contribution in [0.3, 0.4) is 0 Å². The van der Waals surface area contributed by atoms with Crippen molar-refractivity contribution in [1.29, 1.82) is 5.26 Å². The fourth-order valence-electron chi connectivity index (χ4n) is 3.13. The maximum Gasteiger partial charge on any atom is 0.255 e. The van der Waals surface area contributed by atoms with Gasteiger partial charge < -0.3 is 10.2 Å². The second-order valence-electron chi connectivity index (χ2n) is 6.21. The molecule has 3 aromatic heterocycles. The van der Waals surface area contributed by atoms with E-state index in [0.29, 0.717) is 18.7 Å². The van der Waals surface area contributed by atoms with E-state index in [4.69, 9.17) is 5.26 Å². The number of rotatable bonds is 3. The third kappa shape index (κ3) is 2.80. The number of hydrogen-bond donors (Lipinski definition) is 1. The maximum absolute atomic E-state index is 12.5. The lowest BCUT2D eigenvalue weighted by Gasteiger charge is -2.11. The van der Waals surface area contributed by atoms with Crippen LogP contribution in [0.1, 0.15) is 16.8 Å². The fourth-order valence-corrected chi connectivity index (χ4v) is 3.13. The highest BCUT2D eigenvalue weighted by Crippen LogP contribution is 2.21. The summed E-state index contributed by atoms with van der Waals surface area (Å²) in [6, 6.07) is 3.84. The molecule has 1 aliphatic heterocycles. The second-order valence-corrected chi connectivity index (χ2v) is 6.21. The molecular formula is C17H17N7O. The van der Waals surface area contributed by atoms with Crippen LogP contribution in [0.2, 0.25) is 0 Å². The van der Waals surface area contributed by atoms with Crippen molar-refractivity contribution >= 4 is 11.4 Å². The minimum atomic E-state index is -0.158. The number of carbonyl (C=O) groups excluding carboxylic acids is 1. The largest absolute Gasteiger partial charge is 0.347 e. The van der Waals surface area contributed by atoms with Crippen LogP contribution in [-0.4, -0.2) is 49.3 Å². The highest BCUT2D eigenvalue weighted by molar-refractivity contribution is 6.00. The number of fused-ring (bicyclic) bond motifs is 1. The molecule has 0 unspecified atom stereocenters. The van der Waals surface area contributed by atoms with Crippen LogP contribution in [0.4, 0.5) is 0 Å². The van der Waals surface area contributed by atoms with Gasteiger partial charge in [-0.15, -0.1) is 0 Å². The number of hydrogen-bond acceptors (Lipinski definition) is 5. The summed E-state index contributed by atoms with van der Waals surface area (Å²) < 4.78 is 3.45. The van der Waals surface area contributed by atoms with Gasteiger partial charge >= 0.3 is 0 Å². The molecule has 126 valence electrons. The molecule has 8 heteroatoms. The highest BCUT2D eigenvalue weighted by atomic mass is 16.1. The molecule has 1 amide bonds. The van der Waals surface area contributed by atoms with Crippen LogP contribution in [-0.2, 0) is 7.05 Å². The van der Waals surface area contributed by atoms with Gasteiger partial charge in [0.15, 0.2) is 6.19 Å². The molecule has 0 aliphatic carbocycles. The Balaban J connectivity index is 1.57. The van der Waals surface area contributed by atoms with E-state index in [1.165, 1.54) is 0 Å². The average Bonchev–Trinajstić information content (AvgIpc) is 3.33. The third-order valence-corrected chi connectivity index (χ3v) is 4.46. The van der Waals surface area contributed by atoms with Crippen molar-refractivity contribution in [2.75, 3.05) is 13.1 Å². The smallest absolute Gasteiger partial charge is 0.255 e. The number of carbonyl (C=O) groups is 1. The van der Waals surface area contributed by atoms with Crippen LogP contribution in [0, 0.1) is 11.5 Å². The first-order valence-electron chi connectivity index (χ1n) is 8.06. The second kappa shape index (κ2) is 5.94. The molecule has 4 rings (SSSR count). The van der Waals surface area contributed by atoms with E-state index >= 15 is 0 Å². The van der Waals surface area contributed by atoms with Crippen LogP contribution in [0.5, 0.6) is 0 Å². The van der Waals surface area contributed by atoms with Crippen molar-refractivity contribution in [2.24, 2.45) is 7.05 Å². The molecule has 25 heavy (non-hydrogen) atoms. The molecule has 3 aromatic rings. The lowest BCUT2D eigenvalue weighted by atomic mass is 10.1. The van der Waals surface area contributed by atoms with Gasteiger partial charge in [0, 0.05) is 49.7 Å². The summed E-state index contributed by atoms with van der Waals surface area (Å²) in [4.78, 5) is 14.2. The molecule has 0 radical (unpaired) electrons. The summed E-state index contributed by atoms with van der Waals surface area (Å²) in [6.07, 6.45) is 10.1. The monoisotopic (exact) mass is 335 g/mol. The zero-order valence-corrected chi connectivity index (χ0v) is 13.8. The standard InChI is InChI=1S/C17H17N7O/c1-22-8-13(6-19-22)12-2-3-16-15(7-20-24(16)9-12)17(25)21-14-4-5-23(10-14)11-18/h2-3,6-9,14H,4-5,10H2,1H3,(H,21,25)/t14-/m1/s1. The molecule has 0 spiro atoms. The summed E-state index contributed by atoms with van der Waals surface area (Å²) in [7, 11) is 1.87. The number of pyridine rings is 1. The predicted molar refractivity (Wildman–Crippen MR) is 90.5 cm³/mol. The van der Waals surface area contributed by atoms with Gasteiger partial charge in [-0.1, -0.05) is 6.07 Å². The van der Waals surface area contributed by atoms with Gasteiger partial charge in [0.2, 0.25) is 0 Å². The number of nitrogens with one attached hydrogen (secondary N) is 1. The Labute approximate surface area is 144 Å². The lowest BCUT2D eigenvalue weighted by Crippen LogP contribution is -2.36. The quantitative estimate of drug-likeness (QED) is 0.722. The van der Waals surface area contributed by atoms with E-state index in [0.717, 1.165) is 23.1 Å². The van der Waals surface area contributed by atoms with Crippen molar-refractivity contribution in [3.8, 4) is 17.3 Å². The molecule has 0 aromatic carbocycles. The molecule has 0 bridgehead atoms. The number of aryl methyl sites for hydroxylation is 1. The van der Waals surface area contributed by atoms with Crippen LogP contribution in [0.15, 0.2) is 36.9 Å². The van der Waals surface area contributed by atoms with Crippen molar-refractivity contribution in [3.63, 3.8) is 0 Å². The zero-order chi connectivity index (χ0) is 17.4. The first-order valence-corrected chi connectivity index (χ1v) is 8.06. The zero-order valence-electron chi connectivity index (χ0n) is 13.8. The van der Waals surface area contributed by atoms with Gasteiger partial charge in [0.25, 0.3) is 5.91 Å². The van der Waals surface area contributed by atoms with Crippen LogP contribution in [0.25, 0.3) is 16.6 Å². The van der Waals surface area contributed by atoms with Crippen molar-refractivity contribution in [3.05, 3.63) is 42.5 Å². The minimum Gasteiger partial charge on any atom is -0.347 e. The normalized spacial score (nSPS) is 17.0. The fraction of sp³-hybridized carbons (Fsp3) is 0.294. The number of likely N-dealkylation sites (tertiary alicyclic amines) is 1. The highest BCUT2D eigenvalue weighted by Gasteiger charge is 2.24. The van der Waals surface area contributed by atoms with Crippen molar-refractivity contribution < 1.29 is 4.79 Å². The SMILES string of the molecule is Cn1cc(-c2ccc3c(C(=O)N[C@@H]4CCN(C#N)C4)cnn3c2)cn1. The first kappa shape index (κ1) is 15.2. The summed E-state index contributed by atoms with van der Waals surface area (Å²) in [5, 5.41) is 20.4. The van der Waals surface area contributed by atoms with E-state index in [1.807, 2.05) is 31.6 Å². The Hall–Kier alpha value is -3.34. The Morgan fingerprint density at radius 2 is 2.16 bits per heavy atom. The van der Waals surface area contributed by atoms with Gasteiger partial charge in [0.05, 0.1) is 23.5 Å². The van der Waals surface area contributed by atoms with Crippen molar-refractivity contribution in [1.82, 2.24) is 29.6 Å². The minimum absolute atomic E-state index is 0.00299. The Morgan fingerprint density at radius 1 is 1.28 bits per heavy atom. The molecule has 1 fully saturated rings. The van der Waals surface area contributed by atoms with E-state index in [9.17, 15) is 4.79 Å². The van der Waals surface area contributed by atoms with Crippen molar-refractivity contribution in [2.45, 2.75) is 12.5 Å². The van der Waals surface area contributed by atoms with Gasteiger partial charge in [-0.2, -0.15) is 15.5 Å².